The summed E-state index contributed by atoms with van der Waals surface area (Å²) in [5, 5.41) is 12.6. The van der Waals surface area contributed by atoms with Crippen LogP contribution < -0.4 is 5.32 Å². The fourth-order valence-electron chi connectivity index (χ4n) is 1.59. The zero-order chi connectivity index (χ0) is 9.47. The smallest absolute Gasteiger partial charge is 0.259 e. The van der Waals surface area contributed by atoms with Gasteiger partial charge in [-0.15, -0.1) is 0 Å². The first-order chi connectivity index (χ1) is 6.14. The van der Waals surface area contributed by atoms with Gasteiger partial charge in [-0.1, -0.05) is 0 Å². The number of imidazole rings is 1. The number of nitrogens with zero attached hydrogens (tertiary/aromatic N) is 2. The second kappa shape index (κ2) is 2.56. The molecular formula is C8H11N3O2. The van der Waals surface area contributed by atoms with Crippen LogP contribution in [-0.4, -0.2) is 27.1 Å². The fraction of sp³-hybridized carbons (Fsp3) is 0.500. The first-order valence-corrected chi connectivity index (χ1v) is 4.13. The van der Waals surface area contributed by atoms with E-state index in [9.17, 15) is 9.90 Å². The predicted molar refractivity (Wildman–Crippen MR) is 44.7 cm³/mol. The molecule has 1 amide bonds. The number of aromatic nitrogens is 2. The monoisotopic (exact) mass is 181 g/mol. The van der Waals surface area contributed by atoms with Crippen molar-refractivity contribution < 1.29 is 9.90 Å². The number of hydrogen-bond acceptors (Lipinski definition) is 3. The van der Waals surface area contributed by atoms with Crippen molar-refractivity contribution in [3.05, 3.63) is 18.2 Å². The SMILES string of the molecule is Cn1ccnc1C1(O)CCNC1=O. The van der Waals surface area contributed by atoms with Crippen molar-refractivity contribution in [2.75, 3.05) is 6.54 Å². The molecule has 5 nitrogen and oxygen atoms in total. The van der Waals surface area contributed by atoms with Gasteiger partial charge < -0.3 is 15.0 Å². The number of aliphatic hydroxyl groups is 1. The van der Waals surface area contributed by atoms with Crippen LogP contribution in [0.2, 0.25) is 0 Å². The van der Waals surface area contributed by atoms with Gasteiger partial charge in [0.1, 0.15) is 5.82 Å². The maximum atomic E-state index is 11.3. The number of rotatable bonds is 1. The third-order valence-corrected chi connectivity index (χ3v) is 2.34. The van der Waals surface area contributed by atoms with Gasteiger partial charge in [0.15, 0.2) is 0 Å². The van der Waals surface area contributed by atoms with Crippen LogP contribution in [0.4, 0.5) is 0 Å². The average Bonchev–Trinajstić information content (AvgIpc) is 2.62. The van der Waals surface area contributed by atoms with Gasteiger partial charge in [0.2, 0.25) is 5.60 Å². The first kappa shape index (κ1) is 8.25. The van der Waals surface area contributed by atoms with Crippen molar-refractivity contribution in [1.29, 1.82) is 0 Å². The molecule has 2 N–H and O–H groups in total. The Morgan fingerprint density at radius 2 is 2.54 bits per heavy atom. The van der Waals surface area contributed by atoms with Crippen LogP contribution in [0.5, 0.6) is 0 Å². The Morgan fingerprint density at radius 3 is 3.00 bits per heavy atom. The normalized spacial score (nSPS) is 27.7. The lowest BCUT2D eigenvalue weighted by atomic mass is 10.0. The number of carbonyl (C=O) groups is 1. The van der Waals surface area contributed by atoms with Crippen molar-refractivity contribution in [3.8, 4) is 0 Å². The van der Waals surface area contributed by atoms with E-state index in [1.165, 1.54) is 0 Å². The summed E-state index contributed by atoms with van der Waals surface area (Å²) in [6, 6.07) is 0. The highest BCUT2D eigenvalue weighted by Crippen LogP contribution is 2.26. The number of hydrogen-bond donors (Lipinski definition) is 2. The van der Waals surface area contributed by atoms with Crippen LogP contribution in [0.1, 0.15) is 12.2 Å². The van der Waals surface area contributed by atoms with Crippen LogP contribution in [-0.2, 0) is 17.4 Å². The number of amides is 1. The highest BCUT2D eigenvalue weighted by Gasteiger charge is 2.44. The van der Waals surface area contributed by atoms with E-state index in [0.717, 1.165) is 0 Å². The quantitative estimate of drug-likeness (QED) is 0.591. The van der Waals surface area contributed by atoms with Crippen LogP contribution in [0.15, 0.2) is 12.4 Å². The van der Waals surface area contributed by atoms with E-state index in [1.807, 2.05) is 0 Å². The van der Waals surface area contributed by atoms with Crippen molar-refractivity contribution in [2.45, 2.75) is 12.0 Å². The Labute approximate surface area is 75.4 Å². The lowest BCUT2D eigenvalue weighted by Crippen LogP contribution is -2.37. The maximum absolute atomic E-state index is 11.3. The molecule has 1 unspecified atom stereocenters. The standard InChI is InChI=1S/C8H11N3O2/c1-11-5-4-9-6(11)8(13)2-3-10-7(8)12/h4-5,13H,2-3H2,1H3,(H,10,12). The third kappa shape index (κ3) is 1.04. The third-order valence-electron chi connectivity index (χ3n) is 2.34. The van der Waals surface area contributed by atoms with Gasteiger partial charge in [-0.3, -0.25) is 4.79 Å². The number of carbonyl (C=O) groups excluding carboxylic acids is 1. The predicted octanol–water partition coefficient (Wildman–Crippen LogP) is -0.872. The molecule has 0 aromatic carbocycles. The molecule has 1 atom stereocenters. The van der Waals surface area contributed by atoms with Gasteiger partial charge >= 0.3 is 0 Å². The average molecular weight is 181 g/mol. The Hall–Kier alpha value is -1.36. The minimum absolute atomic E-state index is 0.359. The molecule has 1 saturated heterocycles. The molecule has 1 fully saturated rings. The Morgan fingerprint density at radius 1 is 1.77 bits per heavy atom. The molecule has 13 heavy (non-hydrogen) atoms. The van der Waals surface area contributed by atoms with Crippen molar-refractivity contribution in [1.82, 2.24) is 14.9 Å². The maximum Gasteiger partial charge on any atom is 0.259 e. The molecule has 1 aromatic rings. The number of aryl methyl sites for hydroxylation is 1. The zero-order valence-electron chi connectivity index (χ0n) is 7.32. The summed E-state index contributed by atoms with van der Waals surface area (Å²) in [7, 11) is 1.76. The Balaban J connectivity index is 2.45. The topological polar surface area (TPSA) is 67.2 Å². The summed E-state index contributed by atoms with van der Waals surface area (Å²) < 4.78 is 1.66. The molecule has 1 aliphatic heterocycles. The van der Waals surface area contributed by atoms with Crippen LogP contribution in [0.25, 0.3) is 0 Å². The lowest BCUT2D eigenvalue weighted by Gasteiger charge is -2.17. The Bertz CT molecular complexity index is 347. The van der Waals surface area contributed by atoms with E-state index in [0.29, 0.717) is 18.8 Å². The molecule has 1 aromatic heterocycles. The molecule has 0 radical (unpaired) electrons. The minimum atomic E-state index is -1.43. The minimum Gasteiger partial charge on any atom is -0.373 e. The molecular weight excluding hydrogens is 170 g/mol. The van der Waals surface area contributed by atoms with E-state index >= 15 is 0 Å². The zero-order valence-corrected chi connectivity index (χ0v) is 7.32. The highest BCUT2D eigenvalue weighted by molar-refractivity contribution is 5.87. The van der Waals surface area contributed by atoms with Gasteiger partial charge in [0.05, 0.1) is 0 Å². The van der Waals surface area contributed by atoms with E-state index < -0.39 is 5.60 Å². The van der Waals surface area contributed by atoms with Crippen molar-refractivity contribution in [2.24, 2.45) is 7.05 Å². The lowest BCUT2D eigenvalue weighted by molar-refractivity contribution is -0.136. The van der Waals surface area contributed by atoms with E-state index in [-0.39, 0.29) is 5.91 Å². The van der Waals surface area contributed by atoms with Crippen LogP contribution in [0, 0.1) is 0 Å². The largest absolute Gasteiger partial charge is 0.373 e. The summed E-state index contributed by atoms with van der Waals surface area (Å²) in [4.78, 5) is 15.3. The van der Waals surface area contributed by atoms with Crippen molar-refractivity contribution >= 4 is 5.91 Å². The summed E-state index contributed by atoms with van der Waals surface area (Å²) in [5.41, 5.74) is -1.43. The van der Waals surface area contributed by atoms with E-state index in [4.69, 9.17) is 0 Å². The fourth-order valence-corrected chi connectivity index (χ4v) is 1.59. The molecule has 0 aliphatic carbocycles. The van der Waals surface area contributed by atoms with Crippen LogP contribution in [0.3, 0.4) is 0 Å². The van der Waals surface area contributed by atoms with Gasteiger partial charge in [-0.05, 0) is 0 Å². The second-order valence-electron chi connectivity index (χ2n) is 3.23. The Kier molecular flexibility index (Phi) is 1.63. The molecule has 2 heterocycles. The molecule has 0 saturated carbocycles. The summed E-state index contributed by atoms with van der Waals surface area (Å²) in [5.74, 6) is 0.0456. The molecule has 0 bridgehead atoms. The van der Waals surface area contributed by atoms with Gasteiger partial charge in [-0.2, -0.15) is 0 Å². The van der Waals surface area contributed by atoms with Gasteiger partial charge in [0, 0.05) is 32.4 Å². The van der Waals surface area contributed by atoms with Crippen molar-refractivity contribution in [3.63, 3.8) is 0 Å². The van der Waals surface area contributed by atoms with E-state index in [2.05, 4.69) is 10.3 Å². The molecule has 0 spiro atoms. The number of nitrogens with one attached hydrogen (secondary N) is 1. The molecule has 70 valence electrons. The summed E-state index contributed by atoms with van der Waals surface area (Å²) in [6.07, 6.45) is 3.66. The first-order valence-electron chi connectivity index (χ1n) is 4.13. The van der Waals surface area contributed by atoms with Gasteiger partial charge in [-0.25, -0.2) is 4.98 Å². The molecule has 1 aliphatic rings. The van der Waals surface area contributed by atoms with Crippen LogP contribution >= 0.6 is 0 Å². The van der Waals surface area contributed by atoms with Gasteiger partial charge in [0.25, 0.3) is 5.91 Å². The summed E-state index contributed by atoms with van der Waals surface area (Å²) in [6.45, 7) is 0.502. The van der Waals surface area contributed by atoms with E-state index in [1.54, 1.807) is 24.0 Å². The second-order valence-corrected chi connectivity index (χ2v) is 3.23. The highest BCUT2D eigenvalue weighted by atomic mass is 16.3. The molecule has 5 heteroatoms. The summed E-state index contributed by atoms with van der Waals surface area (Å²) >= 11 is 0. The molecule has 2 rings (SSSR count).